The Morgan fingerprint density at radius 3 is 3.00 bits per heavy atom. The molecular weight excluding hydrogens is 318 g/mol. The summed E-state index contributed by atoms with van der Waals surface area (Å²) < 4.78 is 0. The minimum Gasteiger partial charge on any atom is -0.355 e. The quantitative estimate of drug-likeness (QED) is 0.719. The molecule has 0 aliphatic carbocycles. The third-order valence-electron chi connectivity index (χ3n) is 3.29. The number of halogens is 1. The van der Waals surface area contributed by atoms with Crippen molar-refractivity contribution in [2.24, 2.45) is 0 Å². The molecule has 2 aromatic heterocycles. The molecule has 2 N–H and O–H groups in total. The van der Waals surface area contributed by atoms with Crippen molar-refractivity contribution >= 4 is 39.0 Å². The van der Waals surface area contributed by atoms with E-state index in [9.17, 15) is 4.79 Å². The average Bonchev–Trinajstić information content (AvgIpc) is 2.94. The summed E-state index contributed by atoms with van der Waals surface area (Å²) in [5, 5.41) is 5.40. The van der Waals surface area contributed by atoms with E-state index in [1.165, 1.54) is 11.3 Å². The normalized spacial score (nSPS) is 12.0. The lowest BCUT2D eigenvalue weighted by Crippen LogP contribution is -2.19. The highest BCUT2D eigenvalue weighted by Gasteiger charge is 2.13. The van der Waals surface area contributed by atoms with Crippen molar-refractivity contribution in [2.75, 3.05) is 5.32 Å². The highest BCUT2D eigenvalue weighted by molar-refractivity contribution is 7.16. The van der Waals surface area contributed by atoms with E-state index in [4.69, 9.17) is 18.0 Å². The van der Waals surface area contributed by atoms with Gasteiger partial charge in [-0.15, -0.1) is 6.42 Å². The van der Waals surface area contributed by atoms with Gasteiger partial charge in [-0.05, 0) is 31.2 Å². The number of aromatic nitrogens is 2. The van der Waals surface area contributed by atoms with Crippen LogP contribution in [0.15, 0.2) is 35.3 Å². The predicted octanol–water partition coefficient (Wildman–Crippen LogP) is 3.79. The lowest BCUT2D eigenvalue weighted by Gasteiger charge is -2.13. The van der Waals surface area contributed by atoms with E-state index in [0.717, 1.165) is 15.8 Å². The standard InChI is InChI=1S/C16H12ClN3OS/c1-3-12-8-18-16(22-12)19-9(2)13-7-10-6-11(17)4-5-14(10)20-15(13)21/h1,4-9H,2H3,(H,18,19)(H,20,21)/t9-/m0/s1. The Morgan fingerprint density at radius 1 is 1.45 bits per heavy atom. The molecule has 0 saturated heterocycles. The molecule has 0 bridgehead atoms. The van der Waals surface area contributed by atoms with Crippen LogP contribution in [0.2, 0.25) is 5.02 Å². The zero-order valence-corrected chi connectivity index (χ0v) is 13.3. The first kappa shape index (κ1) is 14.6. The van der Waals surface area contributed by atoms with Crippen LogP contribution in [0, 0.1) is 12.3 Å². The molecule has 0 aliphatic heterocycles. The highest BCUT2D eigenvalue weighted by Crippen LogP contribution is 2.24. The van der Waals surface area contributed by atoms with Crippen LogP contribution in [-0.4, -0.2) is 9.97 Å². The van der Waals surface area contributed by atoms with Crippen LogP contribution in [0.5, 0.6) is 0 Å². The van der Waals surface area contributed by atoms with E-state index < -0.39 is 0 Å². The first-order chi connectivity index (χ1) is 10.6. The number of hydrogen-bond donors (Lipinski definition) is 2. The summed E-state index contributed by atoms with van der Waals surface area (Å²) in [6, 6.07) is 7.00. The van der Waals surface area contributed by atoms with Crippen LogP contribution in [0.25, 0.3) is 10.9 Å². The monoisotopic (exact) mass is 329 g/mol. The number of hydrogen-bond acceptors (Lipinski definition) is 4. The molecule has 0 saturated carbocycles. The zero-order chi connectivity index (χ0) is 15.7. The lowest BCUT2D eigenvalue weighted by molar-refractivity contribution is 0.863. The van der Waals surface area contributed by atoms with Crippen molar-refractivity contribution < 1.29 is 0 Å². The largest absolute Gasteiger partial charge is 0.355 e. The van der Waals surface area contributed by atoms with Crippen LogP contribution in [-0.2, 0) is 0 Å². The van der Waals surface area contributed by atoms with E-state index in [-0.39, 0.29) is 11.6 Å². The van der Waals surface area contributed by atoms with Crippen molar-refractivity contribution in [3.8, 4) is 12.3 Å². The second kappa shape index (κ2) is 5.84. The Labute approximate surface area is 136 Å². The molecule has 110 valence electrons. The van der Waals surface area contributed by atoms with Crippen molar-refractivity contribution in [2.45, 2.75) is 13.0 Å². The highest BCUT2D eigenvalue weighted by atomic mass is 35.5. The second-order valence-electron chi connectivity index (χ2n) is 4.83. The van der Waals surface area contributed by atoms with Crippen molar-refractivity contribution in [3.63, 3.8) is 0 Å². The van der Waals surface area contributed by atoms with Gasteiger partial charge in [0.2, 0.25) is 0 Å². The van der Waals surface area contributed by atoms with Gasteiger partial charge >= 0.3 is 0 Å². The molecule has 0 aliphatic rings. The van der Waals surface area contributed by atoms with Crippen LogP contribution in [0.3, 0.4) is 0 Å². The van der Waals surface area contributed by atoms with Gasteiger partial charge in [0.1, 0.15) is 0 Å². The number of H-pyrrole nitrogens is 1. The number of nitrogens with zero attached hydrogens (tertiary/aromatic N) is 1. The fraction of sp³-hybridized carbons (Fsp3) is 0.125. The SMILES string of the molecule is C#Cc1cnc(N[C@@H](C)c2cc3cc(Cl)ccc3[nH]c2=O)s1. The molecule has 4 nitrogen and oxygen atoms in total. The molecule has 22 heavy (non-hydrogen) atoms. The van der Waals surface area contributed by atoms with E-state index in [1.807, 2.05) is 19.1 Å². The summed E-state index contributed by atoms with van der Waals surface area (Å²) >= 11 is 7.38. The van der Waals surface area contributed by atoms with Crippen molar-refractivity contribution in [3.05, 3.63) is 56.3 Å². The topological polar surface area (TPSA) is 57.8 Å². The maximum atomic E-state index is 12.2. The molecule has 0 amide bonds. The third-order valence-corrected chi connectivity index (χ3v) is 4.38. The molecule has 3 rings (SSSR count). The van der Waals surface area contributed by atoms with Gasteiger partial charge in [-0.1, -0.05) is 28.9 Å². The number of aromatic amines is 1. The van der Waals surface area contributed by atoms with Crippen molar-refractivity contribution in [1.29, 1.82) is 0 Å². The Hall–Kier alpha value is -2.29. The first-order valence-corrected chi connectivity index (χ1v) is 7.78. The molecule has 6 heteroatoms. The van der Waals surface area contributed by atoms with Gasteiger partial charge in [0, 0.05) is 21.5 Å². The third kappa shape index (κ3) is 2.84. The molecule has 2 heterocycles. The number of rotatable bonds is 3. The van der Waals surface area contributed by atoms with Gasteiger partial charge < -0.3 is 10.3 Å². The number of nitrogens with one attached hydrogen (secondary N) is 2. The van der Waals surface area contributed by atoms with E-state index in [1.54, 1.807) is 18.3 Å². The van der Waals surface area contributed by atoms with Crippen LogP contribution in [0.4, 0.5) is 5.13 Å². The van der Waals surface area contributed by atoms with E-state index in [2.05, 4.69) is 21.2 Å². The Balaban J connectivity index is 1.96. The van der Waals surface area contributed by atoms with Gasteiger partial charge in [-0.3, -0.25) is 4.79 Å². The minimum atomic E-state index is -0.205. The molecule has 1 aromatic carbocycles. The fourth-order valence-electron chi connectivity index (χ4n) is 2.19. The molecule has 3 aromatic rings. The minimum absolute atomic E-state index is 0.136. The van der Waals surface area contributed by atoms with E-state index in [0.29, 0.717) is 15.7 Å². The van der Waals surface area contributed by atoms with Crippen molar-refractivity contribution in [1.82, 2.24) is 9.97 Å². The van der Waals surface area contributed by atoms with Crippen LogP contribution in [0.1, 0.15) is 23.4 Å². The molecule has 1 atom stereocenters. The Morgan fingerprint density at radius 2 is 2.27 bits per heavy atom. The summed E-state index contributed by atoms with van der Waals surface area (Å²) in [4.78, 5) is 20.0. The number of fused-ring (bicyclic) bond motifs is 1. The molecule has 0 spiro atoms. The second-order valence-corrected chi connectivity index (χ2v) is 6.29. The Bertz CT molecular complexity index is 938. The number of thiazole rings is 1. The maximum absolute atomic E-state index is 12.2. The van der Waals surface area contributed by atoms with E-state index >= 15 is 0 Å². The zero-order valence-electron chi connectivity index (χ0n) is 11.7. The number of pyridine rings is 1. The molecular formula is C16H12ClN3OS. The van der Waals surface area contributed by atoms with Gasteiger partial charge in [0.25, 0.3) is 5.56 Å². The fourth-order valence-corrected chi connectivity index (χ4v) is 3.08. The maximum Gasteiger partial charge on any atom is 0.253 e. The average molecular weight is 330 g/mol. The Kier molecular flexibility index (Phi) is 3.88. The van der Waals surface area contributed by atoms with Gasteiger partial charge in [0.05, 0.1) is 17.1 Å². The first-order valence-electron chi connectivity index (χ1n) is 6.58. The predicted molar refractivity (Wildman–Crippen MR) is 91.7 cm³/mol. The summed E-state index contributed by atoms with van der Waals surface area (Å²) in [6.07, 6.45) is 6.96. The number of terminal acetylenes is 1. The molecule has 0 unspecified atom stereocenters. The van der Waals surface area contributed by atoms with Crippen LogP contribution >= 0.6 is 22.9 Å². The van der Waals surface area contributed by atoms with Gasteiger partial charge in [-0.2, -0.15) is 0 Å². The van der Waals surface area contributed by atoms with Gasteiger partial charge in [-0.25, -0.2) is 4.98 Å². The lowest BCUT2D eigenvalue weighted by atomic mass is 10.1. The summed E-state index contributed by atoms with van der Waals surface area (Å²) in [5.41, 5.74) is 1.24. The summed E-state index contributed by atoms with van der Waals surface area (Å²) in [6.45, 7) is 1.90. The number of anilines is 1. The molecule has 0 radical (unpaired) electrons. The van der Waals surface area contributed by atoms with Gasteiger partial charge in [0.15, 0.2) is 5.13 Å². The van der Waals surface area contributed by atoms with Crippen LogP contribution < -0.4 is 10.9 Å². The summed E-state index contributed by atoms with van der Waals surface area (Å²) in [7, 11) is 0. The number of benzene rings is 1. The molecule has 0 fully saturated rings. The smallest absolute Gasteiger partial charge is 0.253 e. The summed E-state index contributed by atoms with van der Waals surface area (Å²) in [5.74, 6) is 2.54.